The first-order chi connectivity index (χ1) is 5.81. The highest BCUT2D eigenvalue weighted by atomic mass is 32.1. The van der Waals surface area contributed by atoms with Gasteiger partial charge in [-0.15, -0.1) is 11.3 Å². The fourth-order valence-corrected chi connectivity index (χ4v) is 2.21. The molecule has 0 saturated carbocycles. The van der Waals surface area contributed by atoms with E-state index in [1.165, 1.54) is 4.70 Å². The molecule has 0 amide bonds. The Bertz CT molecular complexity index is 348. The summed E-state index contributed by atoms with van der Waals surface area (Å²) in [5.41, 5.74) is 12.4. The molecule has 64 valence electrons. The molecule has 2 aromatic rings. The lowest BCUT2D eigenvalue weighted by atomic mass is 10.2. The van der Waals surface area contributed by atoms with Crippen LogP contribution in [0.15, 0.2) is 18.3 Å². The van der Waals surface area contributed by atoms with Crippen LogP contribution in [0.2, 0.25) is 0 Å². The van der Waals surface area contributed by atoms with Gasteiger partial charge in [0.1, 0.15) is 0 Å². The van der Waals surface area contributed by atoms with Gasteiger partial charge in [0.15, 0.2) is 0 Å². The molecule has 2 aromatic heterocycles. The van der Waals surface area contributed by atoms with Gasteiger partial charge in [0.25, 0.3) is 0 Å². The number of nitrogens with two attached hydrogens (primary N) is 2. The van der Waals surface area contributed by atoms with Crippen LogP contribution in [0.1, 0.15) is 10.9 Å². The van der Waals surface area contributed by atoms with Crippen molar-refractivity contribution in [3.05, 3.63) is 23.2 Å². The van der Waals surface area contributed by atoms with Crippen LogP contribution in [0.5, 0.6) is 0 Å². The fraction of sp³-hybridized carbons (Fsp3) is 0.250. The molecule has 0 fully saturated rings. The number of H-pyrrole nitrogens is 1. The maximum absolute atomic E-state index is 5.79. The summed E-state index contributed by atoms with van der Waals surface area (Å²) < 4.78 is 1.24. The average molecular weight is 181 g/mol. The lowest BCUT2D eigenvalue weighted by molar-refractivity contribution is 0.752. The van der Waals surface area contributed by atoms with Crippen molar-refractivity contribution < 1.29 is 0 Å². The Labute approximate surface area is 74.4 Å². The Hall–Kier alpha value is -0.840. The van der Waals surface area contributed by atoms with E-state index in [0.717, 1.165) is 10.4 Å². The van der Waals surface area contributed by atoms with Crippen LogP contribution < -0.4 is 11.5 Å². The van der Waals surface area contributed by atoms with Gasteiger partial charge in [-0.05, 0) is 12.1 Å². The van der Waals surface area contributed by atoms with Crippen molar-refractivity contribution in [1.29, 1.82) is 0 Å². The van der Waals surface area contributed by atoms with Crippen molar-refractivity contribution in [2.45, 2.75) is 6.04 Å². The zero-order valence-electron chi connectivity index (χ0n) is 6.58. The zero-order valence-corrected chi connectivity index (χ0v) is 7.40. The van der Waals surface area contributed by atoms with Gasteiger partial charge in [0.05, 0.1) is 16.3 Å². The molecule has 0 aliphatic heterocycles. The van der Waals surface area contributed by atoms with Gasteiger partial charge in [0.2, 0.25) is 0 Å². The Morgan fingerprint density at radius 3 is 3.08 bits per heavy atom. The second-order valence-corrected chi connectivity index (χ2v) is 3.86. The Morgan fingerprint density at radius 2 is 2.42 bits per heavy atom. The summed E-state index contributed by atoms with van der Waals surface area (Å²) >= 11 is 1.70. The number of nitrogens with one attached hydrogen (secondary N) is 1. The number of aromatic amines is 1. The molecule has 0 aromatic carbocycles. The van der Waals surface area contributed by atoms with Crippen molar-refractivity contribution >= 4 is 21.6 Å². The summed E-state index contributed by atoms with van der Waals surface area (Å²) in [7, 11) is 0. The third kappa shape index (κ3) is 1.14. The minimum Gasteiger partial charge on any atom is -0.360 e. The second kappa shape index (κ2) is 2.90. The van der Waals surface area contributed by atoms with Gasteiger partial charge in [-0.25, -0.2) is 0 Å². The maximum atomic E-state index is 5.79. The fourth-order valence-electron chi connectivity index (χ4n) is 1.17. The first-order valence-corrected chi connectivity index (χ1v) is 4.65. The zero-order chi connectivity index (χ0) is 8.55. The third-order valence-electron chi connectivity index (χ3n) is 1.87. The van der Waals surface area contributed by atoms with E-state index in [4.69, 9.17) is 11.5 Å². The van der Waals surface area contributed by atoms with Gasteiger partial charge < -0.3 is 16.5 Å². The van der Waals surface area contributed by atoms with Crippen LogP contribution >= 0.6 is 11.3 Å². The van der Waals surface area contributed by atoms with Crippen LogP contribution in [0.25, 0.3) is 10.2 Å². The Morgan fingerprint density at radius 1 is 1.58 bits per heavy atom. The highest BCUT2D eigenvalue weighted by Crippen LogP contribution is 2.27. The van der Waals surface area contributed by atoms with Gasteiger partial charge in [-0.1, -0.05) is 0 Å². The second-order valence-electron chi connectivity index (χ2n) is 2.75. The molecule has 4 heteroatoms. The Balaban J connectivity index is 2.44. The number of rotatable bonds is 2. The van der Waals surface area contributed by atoms with Crippen LogP contribution in [-0.4, -0.2) is 11.5 Å². The number of aromatic nitrogens is 1. The molecule has 2 rings (SSSR count). The molecule has 0 aliphatic rings. The van der Waals surface area contributed by atoms with Crippen molar-refractivity contribution in [3.8, 4) is 0 Å². The van der Waals surface area contributed by atoms with E-state index >= 15 is 0 Å². The molecule has 12 heavy (non-hydrogen) atoms. The van der Waals surface area contributed by atoms with Crippen molar-refractivity contribution in [2.75, 3.05) is 6.54 Å². The molecule has 0 spiro atoms. The predicted octanol–water partition coefficient (Wildman–Crippen LogP) is 1.19. The lowest BCUT2D eigenvalue weighted by Crippen LogP contribution is -2.19. The molecule has 0 aliphatic carbocycles. The van der Waals surface area contributed by atoms with Crippen molar-refractivity contribution in [2.24, 2.45) is 11.5 Å². The van der Waals surface area contributed by atoms with Crippen LogP contribution in [-0.2, 0) is 0 Å². The first-order valence-electron chi connectivity index (χ1n) is 3.83. The maximum Gasteiger partial charge on any atom is 0.0566 e. The predicted molar refractivity (Wildman–Crippen MR) is 52.2 cm³/mol. The van der Waals surface area contributed by atoms with Gasteiger partial charge in [-0.2, -0.15) is 0 Å². The molecule has 0 radical (unpaired) electrons. The van der Waals surface area contributed by atoms with Gasteiger partial charge in [-0.3, -0.25) is 0 Å². The van der Waals surface area contributed by atoms with E-state index in [-0.39, 0.29) is 6.04 Å². The molecule has 2 heterocycles. The number of hydrogen-bond acceptors (Lipinski definition) is 3. The standard InChI is InChI=1S/C8H11N3S/c9-4-5(10)8-3-6-7(12-8)1-2-11-6/h1-3,5,11H,4,9-10H2. The normalized spacial score (nSPS) is 13.8. The lowest BCUT2D eigenvalue weighted by Gasteiger charge is -2.03. The number of fused-ring (bicyclic) bond motifs is 1. The van der Waals surface area contributed by atoms with Crippen molar-refractivity contribution in [3.63, 3.8) is 0 Å². The molecule has 1 atom stereocenters. The summed E-state index contributed by atoms with van der Waals surface area (Å²) in [6.07, 6.45) is 1.93. The van der Waals surface area contributed by atoms with E-state index in [1.807, 2.05) is 12.3 Å². The monoisotopic (exact) mass is 181 g/mol. The van der Waals surface area contributed by atoms with Crippen LogP contribution in [0, 0.1) is 0 Å². The van der Waals surface area contributed by atoms with Crippen molar-refractivity contribution in [1.82, 2.24) is 4.98 Å². The summed E-state index contributed by atoms with van der Waals surface area (Å²) in [5, 5.41) is 0. The first kappa shape index (κ1) is 7.79. The molecular weight excluding hydrogens is 170 g/mol. The quantitative estimate of drug-likeness (QED) is 0.651. The molecule has 0 saturated heterocycles. The molecule has 3 nitrogen and oxygen atoms in total. The average Bonchev–Trinajstić information content (AvgIpc) is 2.60. The van der Waals surface area contributed by atoms with E-state index in [2.05, 4.69) is 11.1 Å². The highest BCUT2D eigenvalue weighted by molar-refractivity contribution is 7.19. The van der Waals surface area contributed by atoms with E-state index in [9.17, 15) is 0 Å². The topological polar surface area (TPSA) is 67.8 Å². The summed E-state index contributed by atoms with van der Waals surface area (Å²) in [6, 6.07) is 4.10. The number of thiophene rings is 1. The van der Waals surface area contributed by atoms with E-state index < -0.39 is 0 Å². The Kier molecular flexibility index (Phi) is 1.88. The van der Waals surface area contributed by atoms with Gasteiger partial charge in [0, 0.05) is 17.6 Å². The smallest absolute Gasteiger partial charge is 0.0566 e. The minimum absolute atomic E-state index is 0.0178. The number of hydrogen-bond donors (Lipinski definition) is 3. The summed E-state index contributed by atoms with van der Waals surface area (Å²) in [5.74, 6) is 0. The highest BCUT2D eigenvalue weighted by Gasteiger charge is 2.08. The van der Waals surface area contributed by atoms with Gasteiger partial charge >= 0.3 is 0 Å². The summed E-state index contributed by atoms with van der Waals surface area (Å²) in [6.45, 7) is 0.503. The third-order valence-corrected chi connectivity index (χ3v) is 3.11. The molecule has 5 N–H and O–H groups in total. The van der Waals surface area contributed by atoms with Crippen LogP contribution in [0.4, 0.5) is 0 Å². The molecule has 0 bridgehead atoms. The minimum atomic E-state index is -0.0178. The SMILES string of the molecule is NCC(N)c1cc2[nH]ccc2s1. The summed E-state index contributed by atoms with van der Waals surface area (Å²) in [4.78, 5) is 4.29. The van der Waals surface area contributed by atoms with E-state index in [1.54, 1.807) is 11.3 Å². The molecule has 1 unspecified atom stereocenters. The largest absolute Gasteiger partial charge is 0.360 e. The van der Waals surface area contributed by atoms with E-state index in [0.29, 0.717) is 6.54 Å². The molecular formula is C8H11N3S. The van der Waals surface area contributed by atoms with Crippen LogP contribution in [0.3, 0.4) is 0 Å².